The molecule has 26 heavy (non-hydrogen) atoms. The van der Waals surface area contributed by atoms with Crippen LogP contribution in [-0.2, 0) is 9.53 Å². The van der Waals surface area contributed by atoms with Gasteiger partial charge in [-0.25, -0.2) is 4.79 Å². The first-order chi connectivity index (χ1) is 12.5. The van der Waals surface area contributed by atoms with Crippen molar-refractivity contribution in [2.45, 2.75) is 25.3 Å². The molecule has 1 aromatic carbocycles. The van der Waals surface area contributed by atoms with Crippen LogP contribution in [0.5, 0.6) is 17.2 Å². The molecule has 1 aliphatic heterocycles. The Bertz CT molecular complexity index is 750. The van der Waals surface area contributed by atoms with Gasteiger partial charge in [-0.2, -0.15) is 5.26 Å². The van der Waals surface area contributed by atoms with Crippen LogP contribution in [0.3, 0.4) is 0 Å². The number of hydrogen-bond acceptors (Lipinski definition) is 7. The van der Waals surface area contributed by atoms with Crippen LogP contribution in [0.15, 0.2) is 12.1 Å². The molecule has 1 aromatic rings. The average molecular weight is 360 g/mol. The summed E-state index contributed by atoms with van der Waals surface area (Å²) in [4.78, 5) is 24.3. The number of nitrogens with zero attached hydrogens (tertiary/aromatic N) is 1. The molecule has 0 aromatic heterocycles. The van der Waals surface area contributed by atoms with Crippen LogP contribution in [0.25, 0.3) is 0 Å². The molecule has 0 bridgehead atoms. The minimum absolute atomic E-state index is 0.147. The average Bonchev–Trinajstić information content (AvgIpc) is 3.50. The van der Waals surface area contributed by atoms with Crippen LogP contribution < -0.4 is 19.5 Å². The van der Waals surface area contributed by atoms with E-state index in [0.717, 1.165) is 12.8 Å². The number of amides is 1. The number of carbonyl (C=O) groups is 2. The van der Waals surface area contributed by atoms with Crippen molar-refractivity contribution in [2.24, 2.45) is 5.92 Å². The van der Waals surface area contributed by atoms with E-state index in [-0.39, 0.29) is 11.5 Å². The second-order valence-electron chi connectivity index (χ2n) is 6.42. The van der Waals surface area contributed by atoms with E-state index in [2.05, 4.69) is 11.4 Å². The van der Waals surface area contributed by atoms with Crippen molar-refractivity contribution in [2.75, 3.05) is 26.9 Å². The highest BCUT2D eigenvalue weighted by molar-refractivity contribution is 5.93. The molecule has 0 saturated heterocycles. The van der Waals surface area contributed by atoms with Gasteiger partial charge in [0.25, 0.3) is 5.91 Å². The number of fused-ring (bicyclic) bond motifs is 1. The predicted octanol–water partition coefficient (Wildman–Crippen LogP) is 1.43. The van der Waals surface area contributed by atoms with E-state index in [9.17, 15) is 14.9 Å². The van der Waals surface area contributed by atoms with Crippen molar-refractivity contribution in [1.82, 2.24) is 5.32 Å². The molecule has 0 spiro atoms. The van der Waals surface area contributed by atoms with Crippen molar-refractivity contribution < 1.29 is 28.5 Å². The van der Waals surface area contributed by atoms with Gasteiger partial charge in [-0.1, -0.05) is 0 Å². The molecule has 3 rings (SSSR count). The van der Waals surface area contributed by atoms with Crippen molar-refractivity contribution in [3.05, 3.63) is 17.7 Å². The third-order valence-corrected chi connectivity index (χ3v) is 4.42. The molecule has 1 fully saturated rings. The molecule has 1 saturated carbocycles. The molecule has 8 nitrogen and oxygen atoms in total. The summed E-state index contributed by atoms with van der Waals surface area (Å²) in [5.41, 5.74) is -0.742. The lowest BCUT2D eigenvalue weighted by Crippen LogP contribution is -2.48. The number of nitriles is 1. The van der Waals surface area contributed by atoms with Crippen LogP contribution >= 0.6 is 0 Å². The summed E-state index contributed by atoms with van der Waals surface area (Å²) in [6.45, 7) is 1.96. The molecule has 0 unspecified atom stereocenters. The number of nitrogens with one attached hydrogen (secondary N) is 1. The van der Waals surface area contributed by atoms with Gasteiger partial charge in [0.1, 0.15) is 18.8 Å². The lowest BCUT2D eigenvalue weighted by molar-refractivity contribution is -0.125. The van der Waals surface area contributed by atoms with E-state index in [4.69, 9.17) is 18.9 Å². The second kappa shape index (κ2) is 7.12. The first-order valence-corrected chi connectivity index (χ1v) is 8.34. The topological polar surface area (TPSA) is 107 Å². The van der Waals surface area contributed by atoms with E-state index in [1.165, 1.54) is 19.2 Å². The fourth-order valence-corrected chi connectivity index (χ4v) is 2.81. The molecule has 8 heteroatoms. The van der Waals surface area contributed by atoms with E-state index in [1.54, 1.807) is 6.92 Å². The van der Waals surface area contributed by atoms with Crippen molar-refractivity contribution in [3.8, 4) is 23.3 Å². The molecule has 138 valence electrons. The summed E-state index contributed by atoms with van der Waals surface area (Å²) in [7, 11) is 1.46. The third kappa shape index (κ3) is 3.67. The number of hydrogen-bond donors (Lipinski definition) is 1. The molecule has 1 N–H and O–H groups in total. The molecule has 1 amide bonds. The molecule has 1 aliphatic carbocycles. The zero-order chi connectivity index (χ0) is 18.7. The van der Waals surface area contributed by atoms with E-state index in [1.807, 2.05) is 0 Å². The third-order valence-electron chi connectivity index (χ3n) is 4.42. The van der Waals surface area contributed by atoms with Crippen molar-refractivity contribution >= 4 is 11.9 Å². The van der Waals surface area contributed by atoms with Gasteiger partial charge in [0.15, 0.2) is 18.1 Å². The monoisotopic (exact) mass is 360 g/mol. The lowest BCUT2D eigenvalue weighted by Gasteiger charge is -2.23. The minimum Gasteiger partial charge on any atom is -0.493 e. The van der Waals surface area contributed by atoms with Gasteiger partial charge in [0, 0.05) is 0 Å². The Morgan fingerprint density at radius 1 is 1.35 bits per heavy atom. The summed E-state index contributed by atoms with van der Waals surface area (Å²) in [5.74, 6) is 0.109. The fraction of sp³-hybridized carbons (Fsp3) is 0.500. The highest BCUT2D eigenvalue weighted by Crippen LogP contribution is 2.41. The molecule has 1 atom stereocenters. The van der Waals surface area contributed by atoms with Gasteiger partial charge in [0.05, 0.1) is 18.7 Å². The van der Waals surface area contributed by atoms with Crippen molar-refractivity contribution in [1.29, 1.82) is 5.26 Å². The Kier molecular flexibility index (Phi) is 4.89. The molecule has 1 heterocycles. The van der Waals surface area contributed by atoms with Gasteiger partial charge in [-0.3, -0.25) is 4.79 Å². The van der Waals surface area contributed by atoms with E-state index < -0.39 is 24.0 Å². The summed E-state index contributed by atoms with van der Waals surface area (Å²) in [6, 6.07) is 5.08. The smallest absolute Gasteiger partial charge is 0.338 e. The van der Waals surface area contributed by atoms with Gasteiger partial charge in [-0.05, 0) is 37.8 Å². The number of benzene rings is 1. The summed E-state index contributed by atoms with van der Waals surface area (Å²) in [6.07, 6.45) is 1.81. The molecular formula is C18H20N2O6. The molecule has 0 radical (unpaired) electrons. The van der Waals surface area contributed by atoms with Crippen LogP contribution in [0.2, 0.25) is 0 Å². The van der Waals surface area contributed by atoms with Crippen LogP contribution in [0.4, 0.5) is 0 Å². The Balaban J connectivity index is 1.63. The van der Waals surface area contributed by atoms with Gasteiger partial charge in [-0.15, -0.1) is 0 Å². The predicted molar refractivity (Wildman–Crippen MR) is 89.2 cm³/mol. The van der Waals surface area contributed by atoms with E-state index in [0.29, 0.717) is 30.5 Å². The first kappa shape index (κ1) is 17.9. The Labute approximate surface area is 151 Å². The number of esters is 1. The highest BCUT2D eigenvalue weighted by Gasteiger charge is 2.43. The molecular weight excluding hydrogens is 340 g/mol. The number of ether oxygens (including phenoxy) is 4. The Hall–Kier alpha value is -2.95. The van der Waals surface area contributed by atoms with Crippen LogP contribution in [0, 0.1) is 17.2 Å². The van der Waals surface area contributed by atoms with Gasteiger partial charge >= 0.3 is 5.97 Å². The van der Waals surface area contributed by atoms with Crippen molar-refractivity contribution in [3.63, 3.8) is 0 Å². The van der Waals surface area contributed by atoms with Crippen LogP contribution in [-0.4, -0.2) is 44.3 Å². The zero-order valence-electron chi connectivity index (χ0n) is 14.7. The van der Waals surface area contributed by atoms with E-state index >= 15 is 0 Å². The minimum atomic E-state index is -0.927. The zero-order valence-corrected chi connectivity index (χ0v) is 14.7. The normalized spacial score (nSPS) is 17.4. The molecule has 2 aliphatic rings. The number of carbonyl (C=O) groups excluding carboxylic acids is 2. The summed E-state index contributed by atoms with van der Waals surface area (Å²) in [5, 5.41) is 11.9. The van der Waals surface area contributed by atoms with Gasteiger partial charge in [0.2, 0.25) is 5.75 Å². The lowest BCUT2D eigenvalue weighted by atomic mass is 9.98. The number of methoxy groups -OCH3 is 1. The maximum absolute atomic E-state index is 12.3. The summed E-state index contributed by atoms with van der Waals surface area (Å²) >= 11 is 0. The maximum atomic E-state index is 12.3. The highest BCUT2D eigenvalue weighted by atomic mass is 16.6. The SMILES string of the molecule is COc1cc(C(=O)OCC(=O)N[C@](C)(C#N)C2CC2)cc2c1OCCO2. The summed E-state index contributed by atoms with van der Waals surface area (Å²) < 4.78 is 21.2. The quantitative estimate of drug-likeness (QED) is 0.765. The fourth-order valence-electron chi connectivity index (χ4n) is 2.81. The second-order valence-corrected chi connectivity index (χ2v) is 6.42. The Morgan fingerprint density at radius 3 is 2.73 bits per heavy atom. The Morgan fingerprint density at radius 2 is 2.08 bits per heavy atom. The maximum Gasteiger partial charge on any atom is 0.338 e. The first-order valence-electron chi connectivity index (χ1n) is 8.34. The van der Waals surface area contributed by atoms with Gasteiger partial charge < -0.3 is 24.3 Å². The standard InChI is InChI=1S/C18H20N2O6/c1-18(10-19,12-3-4-12)20-15(21)9-26-17(22)11-7-13(23-2)16-14(8-11)24-5-6-25-16/h7-8,12H,3-6,9H2,1-2H3,(H,20,21)/t18-/m1/s1. The largest absolute Gasteiger partial charge is 0.493 e. The number of rotatable bonds is 6. The van der Waals surface area contributed by atoms with Crippen LogP contribution in [0.1, 0.15) is 30.1 Å².